The van der Waals surface area contributed by atoms with E-state index >= 15 is 0 Å². The Morgan fingerprint density at radius 3 is 2.83 bits per heavy atom. The van der Waals surface area contributed by atoms with Crippen molar-refractivity contribution in [1.29, 1.82) is 0 Å². The number of amides is 2. The largest absolute Gasteiger partial charge is 0.357 e. The Bertz CT molecular complexity index is 741. The highest BCUT2D eigenvalue weighted by molar-refractivity contribution is 5.98. The molecule has 1 N–H and O–H groups in total. The average molecular weight is 327 g/mol. The van der Waals surface area contributed by atoms with Gasteiger partial charge in [0.15, 0.2) is 5.82 Å². The van der Waals surface area contributed by atoms with Crippen LogP contribution < -0.4 is 5.32 Å². The first-order chi connectivity index (χ1) is 11.6. The van der Waals surface area contributed by atoms with E-state index in [1.54, 1.807) is 29.0 Å². The third-order valence-electron chi connectivity index (χ3n) is 4.42. The van der Waals surface area contributed by atoms with Crippen LogP contribution in [0, 0.1) is 6.92 Å². The van der Waals surface area contributed by atoms with Gasteiger partial charge in [0.25, 0.3) is 5.91 Å². The van der Waals surface area contributed by atoms with Crippen molar-refractivity contribution in [3.05, 3.63) is 41.9 Å². The number of likely N-dealkylation sites (N-methyl/N-ethyl adjacent to an activating group) is 1. The van der Waals surface area contributed by atoms with E-state index < -0.39 is 6.04 Å². The summed E-state index contributed by atoms with van der Waals surface area (Å²) in [5.41, 5.74) is 1.23. The summed E-state index contributed by atoms with van der Waals surface area (Å²) in [6.07, 6.45) is 5.80. The standard InChI is InChI=1S/C17H21N5O2/c1-12-13(11-20-22(12)15-8-3-5-9-19-15)17(24)21-10-6-4-7-14(21)16(23)18-2/h3,5,8-9,11,14H,4,6-7,10H2,1-2H3,(H,18,23). The van der Waals surface area contributed by atoms with Gasteiger partial charge in [0.05, 0.1) is 17.5 Å². The molecule has 0 radical (unpaired) electrons. The SMILES string of the molecule is CNC(=O)C1CCCCN1C(=O)c1cnn(-c2ccccn2)c1C. The van der Waals surface area contributed by atoms with Crippen LogP contribution in [0.3, 0.4) is 0 Å². The molecule has 1 atom stereocenters. The normalized spacial score (nSPS) is 17.6. The van der Waals surface area contributed by atoms with E-state index in [0.717, 1.165) is 18.5 Å². The summed E-state index contributed by atoms with van der Waals surface area (Å²) in [6.45, 7) is 2.43. The van der Waals surface area contributed by atoms with Crippen LogP contribution in [-0.4, -0.2) is 51.1 Å². The fourth-order valence-electron chi connectivity index (χ4n) is 3.10. The zero-order chi connectivity index (χ0) is 17.1. The minimum absolute atomic E-state index is 0.113. The van der Waals surface area contributed by atoms with Gasteiger partial charge in [0, 0.05) is 19.8 Å². The van der Waals surface area contributed by atoms with Gasteiger partial charge in [-0.3, -0.25) is 9.59 Å². The van der Waals surface area contributed by atoms with E-state index in [2.05, 4.69) is 15.4 Å². The van der Waals surface area contributed by atoms with Crippen LogP contribution in [0.15, 0.2) is 30.6 Å². The molecule has 1 unspecified atom stereocenters. The van der Waals surface area contributed by atoms with E-state index in [1.165, 1.54) is 0 Å². The molecule has 7 heteroatoms. The zero-order valence-electron chi connectivity index (χ0n) is 13.9. The van der Waals surface area contributed by atoms with Gasteiger partial charge in [0.1, 0.15) is 6.04 Å². The highest BCUT2D eigenvalue weighted by Crippen LogP contribution is 2.22. The fourth-order valence-corrected chi connectivity index (χ4v) is 3.10. The monoisotopic (exact) mass is 327 g/mol. The molecule has 0 aliphatic carbocycles. The summed E-state index contributed by atoms with van der Waals surface area (Å²) in [4.78, 5) is 31.0. The summed E-state index contributed by atoms with van der Waals surface area (Å²) in [5, 5.41) is 6.95. The lowest BCUT2D eigenvalue weighted by atomic mass is 10.00. The highest BCUT2D eigenvalue weighted by Gasteiger charge is 2.33. The number of nitrogens with zero attached hydrogens (tertiary/aromatic N) is 4. The summed E-state index contributed by atoms with van der Waals surface area (Å²) >= 11 is 0. The summed E-state index contributed by atoms with van der Waals surface area (Å²) in [7, 11) is 1.60. The molecular weight excluding hydrogens is 306 g/mol. The number of hydrogen-bond donors (Lipinski definition) is 1. The Hall–Kier alpha value is -2.70. The average Bonchev–Trinajstić information content (AvgIpc) is 3.02. The van der Waals surface area contributed by atoms with Gasteiger partial charge in [-0.25, -0.2) is 9.67 Å². The second kappa shape index (κ2) is 6.82. The Labute approximate surface area is 140 Å². The maximum Gasteiger partial charge on any atom is 0.258 e. The van der Waals surface area contributed by atoms with Crippen molar-refractivity contribution in [2.24, 2.45) is 0 Å². The summed E-state index contributed by atoms with van der Waals surface area (Å²) < 4.78 is 1.64. The van der Waals surface area contributed by atoms with Crippen molar-refractivity contribution >= 4 is 11.8 Å². The lowest BCUT2D eigenvalue weighted by Crippen LogP contribution is -2.51. The number of nitrogens with one attached hydrogen (secondary N) is 1. The summed E-state index contributed by atoms with van der Waals surface area (Å²) in [6, 6.07) is 5.13. The number of carbonyl (C=O) groups is 2. The first-order valence-electron chi connectivity index (χ1n) is 8.12. The molecule has 126 valence electrons. The van der Waals surface area contributed by atoms with Crippen LogP contribution in [0.5, 0.6) is 0 Å². The molecule has 1 aliphatic rings. The van der Waals surface area contributed by atoms with E-state index in [0.29, 0.717) is 24.3 Å². The summed E-state index contributed by atoms with van der Waals surface area (Å²) in [5.74, 6) is 0.399. The van der Waals surface area contributed by atoms with Gasteiger partial charge < -0.3 is 10.2 Å². The highest BCUT2D eigenvalue weighted by atomic mass is 16.2. The third kappa shape index (κ3) is 2.89. The molecular formula is C17H21N5O2. The van der Waals surface area contributed by atoms with Crippen LogP contribution >= 0.6 is 0 Å². The maximum atomic E-state index is 13.0. The zero-order valence-corrected chi connectivity index (χ0v) is 13.9. The second-order valence-electron chi connectivity index (χ2n) is 5.87. The van der Waals surface area contributed by atoms with E-state index in [-0.39, 0.29) is 11.8 Å². The topological polar surface area (TPSA) is 80.1 Å². The van der Waals surface area contributed by atoms with Crippen molar-refractivity contribution in [1.82, 2.24) is 25.0 Å². The van der Waals surface area contributed by atoms with Crippen molar-refractivity contribution in [3.8, 4) is 5.82 Å². The molecule has 3 heterocycles. The van der Waals surface area contributed by atoms with E-state index in [4.69, 9.17) is 0 Å². The van der Waals surface area contributed by atoms with Gasteiger partial charge in [-0.1, -0.05) is 6.07 Å². The maximum absolute atomic E-state index is 13.0. The van der Waals surface area contributed by atoms with Gasteiger partial charge in [0.2, 0.25) is 5.91 Å². The number of aromatic nitrogens is 3. The fraction of sp³-hybridized carbons (Fsp3) is 0.412. The number of hydrogen-bond acceptors (Lipinski definition) is 4. The Morgan fingerprint density at radius 2 is 2.12 bits per heavy atom. The molecule has 0 bridgehead atoms. The molecule has 0 saturated carbocycles. The molecule has 2 aromatic rings. The molecule has 7 nitrogen and oxygen atoms in total. The van der Waals surface area contributed by atoms with Crippen LogP contribution in [0.4, 0.5) is 0 Å². The minimum Gasteiger partial charge on any atom is -0.357 e. The third-order valence-corrected chi connectivity index (χ3v) is 4.42. The number of piperidine rings is 1. The van der Waals surface area contributed by atoms with Crippen molar-refractivity contribution in [3.63, 3.8) is 0 Å². The van der Waals surface area contributed by atoms with Crippen molar-refractivity contribution < 1.29 is 9.59 Å². The van der Waals surface area contributed by atoms with Crippen LogP contribution in [0.25, 0.3) is 5.82 Å². The lowest BCUT2D eigenvalue weighted by molar-refractivity contribution is -0.126. The van der Waals surface area contributed by atoms with Gasteiger partial charge in [-0.05, 0) is 38.3 Å². The Kier molecular flexibility index (Phi) is 4.59. The number of likely N-dealkylation sites (tertiary alicyclic amines) is 1. The second-order valence-corrected chi connectivity index (χ2v) is 5.87. The molecule has 1 saturated heterocycles. The predicted molar refractivity (Wildman–Crippen MR) is 88.8 cm³/mol. The van der Waals surface area contributed by atoms with E-state index in [9.17, 15) is 9.59 Å². The van der Waals surface area contributed by atoms with Crippen LogP contribution in [0.1, 0.15) is 35.3 Å². The van der Waals surface area contributed by atoms with E-state index in [1.807, 2.05) is 25.1 Å². The number of rotatable bonds is 3. The first-order valence-corrected chi connectivity index (χ1v) is 8.12. The number of carbonyl (C=O) groups excluding carboxylic acids is 2. The molecule has 0 aromatic carbocycles. The van der Waals surface area contributed by atoms with Crippen molar-refractivity contribution in [2.45, 2.75) is 32.2 Å². The Balaban J connectivity index is 1.90. The molecule has 2 amide bonds. The lowest BCUT2D eigenvalue weighted by Gasteiger charge is -2.34. The quantitative estimate of drug-likeness (QED) is 0.922. The smallest absolute Gasteiger partial charge is 0.258 e. The van der Waals surface area contributed by atoms with Gasteiger partial charge in [-0.2, -0.15) is 5.10 Å². The molecule has 3 rings (SSSR count). The molecule has 2 aromatic heterocycles. The van der Waals surface area contributed by atoms with Gasteiger partial charge in [-0.15, -0.1) is 0 Å². The molecule has 24 heavy (non-hydrogen) atoms. The van der Waals surface area contributed by atoms with Crippen molar-refractivity contribution in [2.75, 3.05) is 13.6 Å². The molecule has 1 aliphatic heterocycles. The van der Waals surface area contributed by atoms with Crippen LogP contribution in [-0.2, 0) is 4.79 Å². The number of pyridine rings is 1. The Morgan fingerprint density at radius 1 is 1.29 bits per heavy atom. The minimum atomic E-state index is -0.408. The van der Waals surface area contributed by atoms with Gasteiger partial charge >= 0.3 is 0 Å². The molecule has 0 spiro atoms. The predicted octanol–water partition coefficient (Wildman–Crippen LogP) is 1.32. The first kappa shape index (κ1) is 16.2. The molecule has 1 fully saturated rings. The van der Waals surface area contributed by atoms with Crippen LogP contribution in [0.2, 0.25) is 0 Å².